The lowest BCUT2D eigenvalue weighted by atomic mass is 10.2. The van der Waals surface area contributed by atoms with Gasteiger partial charge in [-0.1, -0.05) is 11.6 Å². The lowest BCUT2D eigenvalue weighted by molar-refractivity contribution is -0.274. The lowest BCUT2D eigenvalue weighted by Crippen LogP contribution is -2.17. The molecule has 0 aliphatic rings. The smallest absolute Gasteiger partial charge is 0.406 e. The van der Waals surface area contributed by atoms with Gasteiger partial charge in [-0.25, -0.2) is 9.97 Å². The van der Waals surface area contributed by atoms with Gasteiger partial charge in [0.15, 0.2) is 0 Å². The molecule has 0 saturated carbocycles. The molecule has 0 spiro atoms. The quantitative estimate of drug-likeness (QED) is 0.882. The number of nitrogens with one attached hydrogen (secondary N) is 1. The Morgan fingerprint density at radius 1 is 1.19 bits per heavy atom. The fraction of sp³-hybridized carbons (Fsp3) is 0.0833. The summed E-state index contributed by atoms with van der Waals surface area (Å²) in [5, 5.41) is 2.58. The van der Waals surface area contributed by atoms with E-state index >= 15 is 0 Å². The predicted octanol–water partition coefficient (Wildman–Crippen LogP) is 3.28. The third-order valence-corrected chi connectivity index (χ3v) is 2.43. The highest BCUT2D eigenvalue weighted by atomic mass is 35.5. The summed E-state index contributed by atoms with van der Waals surface area (Å²) in [6, 6.07) is 5.80. The van der Waals surface area contributed by atoms with Crippen molar-refractivity contribution in [3.63, 3.8) is 0 Å². The third-order valence-electron chi connectivity index (χ3n) is 2.23. The van der Waals surface area contributed by atoms with Crippen LogP contribution in [0.4, 0.5) is 19.0 Å². The van der Waals surface area contributed by atoms with Crippen molar-refractivity contribution in [3.8, 4) is 5.75 Å². The highest BCUT2D eigenvalue weighted by molar-refractivity contribution is 6.29. The molecule has 0 aliphatic heterocycles. The van der Waals surface area contributed by atoms with E-state index in [2.05, 4.69) is 20.0 Å². The highest BCUT2D eigenvalue weighted by Gasteiger charge is 2.31. The van der Waals surface area contributed by atoms with E-state index in [1.807, 2.05) is 0 Å². The number of nitrogens with zero attached hydrogens (tertiary/aromatic N) is 2. The molecule has 110 valence electrons. The number of ether oxygens (including phenoxy) is 1. The monoisotopic (exact) mass is 317 g/mol. The van der Waals surface area contributed by atoms with E-state index < -0.39 is 18.0 Å². The number of hydrogen-bond donors (Lipinski definition) is 1. The van der Waals surface area contributed by atoms with E-state index in [-0.39, 0.29) is 16.5 Å². The van der Waals surface area contributed by atoms with Crippen LogP contribution >= 0.6 is 11.6 Å². The van der Waals surface area contributed by atoms with Crippen LogP contribution < -0.4 is 10.1 Å². The molecule has 0 unspecified atom stereocenters. The molecule has 1 aromatic heterocycles. The second-order valence-corrected chi connectivity index (χ2v) is 4.14. The molecule has 0 saturated heterocycles. The van der Waals surface area contributed by atoms with Gasteiger partial charge < -0.3 is 10.1 Å². The molecule has 5 nitrogen and oxygen atoms in total. The number of amides is 1. The maximum absolute atomic E-state index is 12.0. The summed E-state index contributed by atoms with van der Waals surface area (Å²) in [5.41, 5.74) is 0.138. The first-order valence-corrected chi connectivity index (χ1v) is 5.86. The zero-order valence-corrected chi connectivity index (χ0v) is 10.9. The number of anilines is 1. The average molecular weight is 318 g/mol. The van der Waals surface area contributed by atoms with Crippen molar-refractivity contribution < 1.29 is 22.7 Å². The summed E-state index contributed by atoms with van der Waals surface area (Å²) in [4.78, 5) is 19.3. The Morgan fingerprint density at radius 3 is 2.43 bits per heavy atom. The van der Waals surface area contributed by atoms with E-state index in [1.165, 1.54) is 18.2 Å². The zero-order valence-electron chi connectivity index (χ0n) is 10.2. The molecule has 1 amide bonds. The number of aromatic nitrogens is 2. The van der Waals surface area contributed by atoms with Crippen LogP contribution in [0.5, 0.6) is 5.75 Å². The minimum Gasteiger partial charge on any atom is -0.406 e. The van der Waals surface area contributed by atoms with E-state index in [0.29, 0.717) is 0 Å². The third kappa shape index (κ3) is 4.60. The number of carbonyl (C=O) groups is 1. The maximum atomic E-state index is 12.0. The summed E-state index contributed by atoms with van der Waals surface area (Å²) in [5.74, 6) is -0.789. The molecule has 0 aliphatic carbocycles. The number of carbonyl (C=O) groups excluding carboxylic acids is 1. The van der Waals surface area contributed by atoms with Crippen molar-refractivity contribution >= 4 is 23.3 Å². The molecule has 0 fully saturated rings. The SMILES string of the molecule is O=C(Nc1cc(Cl)ncn1)c1ccc(OC(F)(F)F)cc1. The van der Waals surface area contributed by atoms with Crippen LogP contribution in [0, 0.1) is 0 Å². The number of rotatable bonds is 3. The molecular weight excluding hydrogens is 311 g/mol. The van der Waals surface area contributed by atoms with Gasteiger partial charge in [0.1, 0.15) is 23.0 Å². The Kier molecular flexibility index (Phi) is 4.27. The van der Waals surface area contributed by atoms with Crippen molar-refractivity contribution in [2.24, 2.45) is 0 Å². The second-order valence-electron chi connectivity index (χ2n) is 3.75. The molecule has 0 atom stereocenters. The molecule has 1 aromatic carbocycles. The van der Waals surface area contributed by atoms with Crippen LogP contribution in [0.25, 0.3) is 0 Å². The van der Waals surface area contributed by atoms with Gasteiger partial charge in [0.05, 0.1) is 0 Å². The number of halogens is 4. The van der Waals surface area contributed by atoms with Crippen molar-refractivity contribution in [3.05, 3.63) is 47.4 Å². The normalized spacial score (nSPS) is 11.0. The lowest BCUT2D eigenvalue weighted by Gasteiger charge is -2.09. The summed E-state index contributed by atoms with van der Waals surface area (Å²) in [6.45, 7) is 0. The van der Waals surface area contributed by atoms with Crippen molar-refractivity contribution in [2.45, 2.75) is 6.36 Å². The number of benzene rings is 1. The fourth-order valence-corrected chi connectivity index (χ4v) is 1.55. The molecule has 9 heteroatoms. The highest BCUT2D eigenvalue weighted by Crippen LogP contribution is 2.23. The fourth-order valence-electron chi connectivity index (χ4n) is 1.40. The first kappa shape index (κ1) is 15.0. The molecule has 2 rings (SSSR count). The minimum atomic E-state index is -4.78. The van der Waals surface area contributed by atoms with Crippen molar-refractivity contribution in [2.75, 3.05) is 5.32 Å². The van der Waals surface area contributed by atoms with Crippen molar-refractivity contribution in [1.29, 1.82) is 0 Å². The van der Waals surface area contributed by atoms with Crippen LogP contribution in [0.1, 0.15) is 10.4 Å². The van der Waals surface area contributed by atoms with E-state index in [1.54, 1.807) is 0 Å². The van der Waals surface area contributed by atoms with Gasteiger partial charge in [-0.15, -0.1) is 13.2 Å². The van der Waals surface area contributed by atoms with Crippen LogP contribution in [-0.4, -0.2) is 22.2 Å². The first-order chi connectivity index (χ1) is 9.83. The summed E-state index contributed by atoms with van der Waals surface area (Å²) >= 11 is 5.63. The average Bonchev–Trinajstić information content (AvgIpc) is 2.37. The van der Waals surface area contributed by atoms with Gasteiger partial charge in [-0.2, -0.15) is 0 Å². The van der Waals surface area contributed by atoms with E-state index in [9.17, 15) is 18.0 Å². The van der Waals surface area contributed by atoms with E-state index in [0.717, 1.165) is 18.5 Å². The van der Waals surface area contributed by atoms with E-state index in [4.69, 9.17) is 11.6 Å². The molecule has 1 heterocycles. The van der Waals surface area contributed by atoms with Gasteiger partial charge in [-0.3, -0.25) is 4.79 Å². The largest absolute Gasteiger partial charge is 0.573 e. The van der Waals surface area contributed by atoms with Crippen LogP contribution in [0.2, 0.25) is 5.15 Å². The Hall–Kier alpha value is -2.35. The van der Waals surface area contributed by atoms with Crippen LogP contribution in [0.3, 0.4) is 0 Å². The van der Waals surface area contributed by atoms with Gasteiger partial charge in [-0.05, 0) is 24.3 Å². The first-order valence-electron chi connectivity index (χ1n) is 5.48. The maximum Gasteiger partial charge on any atom is 0.573 e. The zero-order chi connectivity index (χ0) is 15.5. The number of alkyl halides is 3. The Labute approximate surface area is 121 Å². The molecule has 0 radical (unpaired) electrons. The molecular formula is C12H7ClF3N3O2. The topological polar surface area (TPSA) is 64.1 Å². The second kappa shape index (κ2) is 5.96. The Balaban J connectivity index is 2.06. The Morgan fingerprint density at radius 2 is 1.86 bits per heavy atom. The summed E-state index contributed by atoms with van der Waals surface area (Å²) in [6.07, 6.45) is -3.61. The predicted molar refractivity (Wildman–Crippen MR) is 68.1 cm³/mol. The van der Waals surface area contributed by atoms with Gasteiger partial charge in [0.2, 0.25) is 0 Å². The van der Waals surface area contributed by atoms with Crippen LogP contribution in [-0.2, 0) is 0 Å². The van der Waals surface area contributed by atoms with Gasteiger partial charge in [0.25, 0.3) is 5.91 Å². The van der Waals surface area contributed by atoms with Gasteiger partial charge in [0, 0.05) is 11.6 Å². The molecule has 0 bridgehead atoms. The summed E-state index contributed by atoms with van der Waals surface area (Å²) < 4.78 is 39.7. The Bertz CT molecular complexity index is 647. The molecule has 2 aromatic rings. The van der Waals surface area contributed by atoms with Crippen molar-refractivity contribution in [1.82, 2.24) is 9.97 Å². The van der Waals surface area contributed by atoms with Gasteiger partial charge >= 0.3 is 6.36 Å². The molecule has 21 heavy (non-hydrogen) atoms. The number of hydrogen-bond acceptors (Lipinski definition) is 4. The minimum absolute atomic E-state index is 0.138. The summed E-state index contributed by atoms with van der Waals surface area (Å²) in [7, 11) is 0. The molecule has 1 N–H and O–H groups in total. The standard InChI is InChI=1S/C12H7ClF3N3O2/c13-9-5-10(18-6-17-9)19-11(20)7-1-3-8(4-2-7)21-12(14,15)16/h1-6H,(H,17,18,19,20). The van der Waals surface area contributed by atoms with Crippen LogP contribution in [0.15, 0.2) is 36.7 Å².